The molecule has 4 rings (SSSR count). The average Bonchev–Trinajstić information content (AvgIpc) is 3.09. The lowest BCUT2D eigenvalue weighted by molar-refractivity contribution is 0.123. The number of aryl methyl sites for hydroxylation is 1. The number of aromatic nitrogens is 3. The maximum absolute atomic E-state index is 14.6. The van der Waals surface area contributed by atoms with Crippen LogP contribution in [0.3, 0.4) is 0 Å². The normalized spacial score (nSPS) is 20.2. The van der Waals surface area contributed by atoms with Gasteiger partial charge in [-0.2, -0.15) is 4.52 Å². The van der Waals surface area contributed by atoms with Crippen molar-refractivity contribution in [2.75, 3.05) is 6.54 Å². The molecule has 0 radical (unpaired) electrons. The van der Waals surface area contributed by atoms with E-state index in [1.165, 1.54) is 28.3 Å². The number of hydrogen-bond donors (Lipinski definition) is 1. The zero-order valence-electron chi connectivity index (χ0n) is 14.3. The number of thiazole rings is 1. The van der Waals surface area contributed by atoms with Crippen molar-refractivity contribution in [3.05, 3.63) is 46.3 Å². The number of hydrogen-bond acceptors (Lipinski definition) is 5. The maximum Gasteiger partial charge on any atom is 0.230 e. The number of rotatable bonds is 3. The van der Waals surface area contributed by atoms with Crippen molar-refractivity contribution in [2.24, 2.45) is 0 Å². The first-order valence-corrected chi connectivity index (χ1v) is 9.43. The number of nitrogens with zero attached hydrogens (tertiary/aromatic N) is 4. The molecule has 0 unspecified atom stereocenters. The molecule has 3 aromatic rings. The largest absolute Gasteiger partial charge is 0.492 e. The van der Waals surface area contributed by atoms with Crippen LogP contribution >= 0.6 is 11.3 Å². The van der Waals surface area contributed by atoms with Crippen LogP contribution in [0.15, 0.2) is 24.3 Å². The van der Waals surface area contributed by atoms with Gasteiger partial charge < -0.3 is 5.11 Å². The summed E-state index contributed by atoms with van der Waals surface area (Å²) in [5, 5.41) is 15.0. The Morgan fingerprint density at radius 2 is 2.12 bits per heavy atom. The molecule has 1 N–H and O–H groups in total. The first kappa shape index (κ1) is 16.5. The molecule has 0 saturated carbocycles. The third-order valence-corrected chi connectivity index (χ3v) is 6.01. The number of likely N-dealkylation sites (tertiary alicyclic amines) is 1. The summed E-state index contributed by atoms with van der Waals surface area (Å²) in [7, 11) is 0. The van der Waals surface area contributed by atoms with Crippen molar-refractivity contribution in [1.29, 1.82) is 0 Å². The second kappa shape index (κ2) is 6.38. The first-order chi connectivity index (χ1) is 12.1. The van der Waals surface area contributed by atoms with Crippen LogP contribution in [0.2, 0.25) is 0 Å². The van der Waals surface area contributed by atoms with E-state index in [0.717, 1.165) is 19.4 Å². The lowest BCUT2D eigenvalue weighted by Gasteiger charge is -2.39. The standard InChI is InChI=1S/C18H21FN4OS/c1-11-7-5-6-10-22(11)15(13-8-3-4-9-14(13)19)16-17(24)23-18(25-16)20-12(2)21-23/h3-4,8-9,11,15,24H,5-7,10H2,1-2H3/t11-,15-/m0/s1. The average molecular weight is 360 g/mol. The summed E-state index contributed by atoms with van der Waals surface area (Å²) in [6.07, 6.45) is 3.34. The van der Waals surface area contributed by atoms with E-state index >= 15 is 0 Å². The Bertz CT molecular complexity index is 906. The summed E-state index contributed by atoms with van der Waals surface area (Å²) in [5.74, 6) is 0.424. The molecule has 25 heavy (non-hydrogen) atoms. The van der Waals surface area contributed by atoms with Gasteiger partial charge in [0.05, 0.1) is 10.9 Å². The van der Waals surface area contributed by atoms with Crippen LogP contribution < -0.4 is 0 Å². The molecule has 132 valence electrons. The van der Waals surface area contributed by atoms with Crippen LogP contribution in [-0.4, -0.2) is 37.2 Å². The molecule has 3 heterocycles. The van der Waals surface area contributed by atoms with Gasteiger partial charge in [0.25, 0.3) is 0 Å². The predicted molar refractivity (Wildman–Crippen MR) is 95.5 cm³/mol. The zero-order valence-corrected chi connectivity index (χ0v) is 15.1. The van der Waals surface area contributed by atoms with E-state index in [4.69, 9.17) is 0 Å². The molecule has 5 nitrogen and oxygen atoms in total. The van der Waals surface area contributed by atoms with Gasteiger partial charge in [-0.3, -0.25) is 4.90 Å². The number of piperidine rings is 1. The number of halogens is 1. The number of aromatic hydroxyl groups is 1. The maximum atomic E-state index is 14.6. The van der Waals surface area contributed by atoms with E-state index in [9.17, 15) is 9.50 Å². The van der Waals surface area contributed by atoms with Crippen molar-refractivity contribution in [2.45, 2.75) is 45.2 Å². The Morgan fingerprint density at radius 1 is 1.32 bits per heavy atom. The second-order valence-electron chi connectivity index (χ2n) is 6.65. The molecular formula is C18H21FN4OS. The van der Waals surface area contributed by atoms with E-state index < -0.39 is 0 Å². The fourth-order valence-electron chi connectivity index (χ4n) is 3.70. The molecule has 1 aromatic carbocycles. The van der Waals surface area contributed by atoms with Gasteiger partial charge in [-0.25, -0.2) is 9.37 Å². The molecule has 0 aliphatic carbocycles. The molecule has 1 saturated heterocycles. The van der Waals surface area contributed by atoms with Crippen LogP contribution in [0, 0.1) is 12.7 Å². The quantitative estimate of drug-likeness (QED) is 0.769. The van der Waals surface area contributed by atoms with Crippen LogP contribution in [0.25, 0.3) is 4.96 Å². The summed E-state index contributed by atoms with van der Waals surface area (Å²) in [6.45, 7) is 4.84. The third kappa shape index (κ3) is 2.81. The highest BCUT2D eigenvalue weighted by Crippen LogP contribution is 2.42. The lowest BCUT2D eigenvalue weighted by atomic mass is 9.96. The van der Waals surface area contributed by atoms with Crippen LogP contribution in [0.5, 0.6) is 5.88 Å². The van der Waals surface area contributed by atoms with Gasteiger partial charge in [0, 0.05) is 11.6 Å². The molecule has 2 aromatic heterocycles. The first-order valence-electron chi connectivity index (χ1n) is 8.61. The lowest BCUT2D eigenvalue weighted by Crippen LogP contribution is -2.40. The van der Waals surface area contributed by atoms with Gasteiger partial charge in [0.15, 0.2) is 0 Å². The predicted octanol–water partition coefficient (Wildman–Crippen LogP) is 3.91. The Labute approximate surface area is 149 Å². The summed E-state index contributed by atoms with van der Waals surface area (Å²) in [4.78, 5) is 7.98. The van der Waals surface area contributed by atoms with Crippen LogP contribution in [0.1, 0.15) is 48.5 Å². The van der Waals surface area contributed by atoms with Gasteiger partial charge in [-0.1, -0.05) is 36.0 Å². The molecule has 0 spiro atoms. The monoisotopic (exact) mass is 360 g/mol. The topological polar surface area (TPSA) is 53.7 Å². The van der Waals surface area contributed by atoms with Gasteiger partial charge in [0.1, 0.15) is 11.6 Å². The minimum atomic E-state index is -0.328. The molecule has 1 aliphatic heterocycles. The summed E-state index contributed by atoms with van der Waals surface area (Å²) in [6, 6.07) is 6.82. The van der Waals surface area contributed by atoms with E-state index in [0.29, 0.717) is 27.3 Å². The minimum Gasteiger partial charge on any atom is -0.492 e. The van der Waals surface area contributed by atoms with Gasteiger partial charge in [-0.15, -0.1) is 5.10 Å². The van der Waals surface area contributed by atoms with Crippen LogP contribution in [0.4, 0.5) is 4.39 Å². The fourth-order valence-corrected chi connectivity index (χ4v) is 4.84. The van der Waals surface area contributed by atoms with E-state index in [-0.39, 0.29) is 17.7 Å². The van der Waals surface area contributed by atoms with Crippen molar-refractivity contribution in [3.63, 3.8) is 0 Å². The Morgan fingerprint density at radius 3 is 2.84 bits per heavy atom. The molecule has 1 fully saturated rings. The van der Waals surface area contributed by atoms with Crippen molar-refractivity contribution < 1.29 is 9.50 Å². The summed E-state index contributed by atoms with van der Waals surface area (Å²) < 4.78 is 16.1. The van der Waals surface area contributed by atoms with E-state index in [1.54, 1.807) is 13.0 Å². The molecule has 1 aliphatic rings. The van der Waals surface area contributed by atoms with Gasteiger partial charge in [-0.05, 0) is 39.3 Å². The zero-order chi connectivity index (χ0) is 17.6. The summed E-state index contributed by atoms with van der Waals surface area (Å²) in [5.41, 5.74) is 0.591. The summed E-state index contributed by atoms with van der Waals surface area (Å²) >= 11 is 1.38. The van der Waals surface area contributed by atoms with Crippen molar-refractivity contribution in [3.8, 4) is 5.88 Å². The Hall–Kier alpha value is -1.99. The van der Waals surface area contributed by atoms with E-state index in [2.05, 4.69) is 21.9 Å². The fraction of sp³-hybridized carbons (Fsp3) is 0.444. The van der Waals surface area contributed by atoms with Gasteiger partial charge in [0.2, 0.25) is 10.8 Å². The van der Waals surface area contributed by atoms with Crippen molar-refractivity contribution in [1.82, 2.24) is 19.5 Å². The second-order valence-corrected chi connectivity index (χ2v) is 7.66. The molecular weight excluding hydrogens is 339 g/mol. The Kier molecular flexibility index (Phi) is 4.21. The highest BCUT2D eigenvalue weighted by molar-refractivity contribution is 7.17. The Balaban J connectivity index is 1.88. The molecule has 2 atom stereocenters. The van der Waals surface area contributed by atoms with Gasteiger partial charge >= 0.3 is 0 Å². The van der Waals surface area contributed by atoms with Crippen molar-refractivity contribution >= 4 is 16.3 Å². The number of fused-ring (bicyclic) bond motifs is 1. The molecule has 0 amide bonds. The molecule has 7 heteroatoms. The highest BCUT2D eigenvalue weighted by Gasteiger charge is 2.34. The molecule has 0 bridgehead atoms. The number of benzene rings is 1. The van der Waals surface area contributed by atoms with E-state index in [1.807, 2.05) is 12.1 Å². The smallest absolute Gasteiger partial charge is 0.230 e. The van der Waals surface area contributed by atoms with Crippen LogP contribution in [-0.2, 0) is 0 Å². The SMILES string of the molecule is Cc1nc2sc([C@H](c3ccccc3F)N3CCCC[C@@H]3C)c(O)n2n1. The minimum absolute atomic E-state index is 0.0617. The highest BCUT2D eigenvalue weighted by atomic mass is 32.1. The third-order valence-electron chi connectivity index (χ3n) is 4.94.